The molecule has 0 spiro atoms. The summed E-state index contributed by atoms with van der Waals surface area (Å²) >= 11 is 3.38. The molecule has 0 aliphatic carbocycles. The average molecular weight is 345 g/mol. The fourth-order valence-corrected chi connectivity index (χ4v) is 1.87. The molecule has 1 aromatic carbocycles. The van der Waals surface area contributed by atoms with Crippen LogP contribution in [0.3, 0.4) is 0 Å². The zero-order valence-corrected chi connectivity index (χ0v) is 12.8. The van der Waals surface area contributed by atoms with Crippen molar-refractivity contribution in [2.75, 3.05) is 33.5 Å². The second kappa shape index (κ2) is 9.52. The van der Waals surface area contributed by atoms with E-state index in [-0.39, 0.29) is 0 Å². The molecule has 0 amide bonds. The monoisotopic (exact) mass is 344 g/mol. The second-order valence-electron chi connectivity index (χ2n) is 3.82. The summed E-state index contributed by atoms with van der Waals surface area (Å²) in [5.74, 6) is -0.289. The number of benzene rings is 1. The van der Waals surface area contributed by atoms with E-state index in [1.54, 1.807) is 25.3 Å². The molecule has 20 heavy (non-hydrogen) atoms. The van der Waals surface area contributed by atoms with Crippen molar-refractivity contribution in [3.05, 3.63) is 34.3 Å². The second-order valence-corrected chi connectivity index (χ2v) is 4.67. The minimum absolute atomic E-state index is 0.437. The van der Waals surface area contributed by atoms with Gasteiger partial charge in [0.25, 0.3) is 0 Å². The lowest BCUT2D eigenvalue weighted by Crippen LogP contribution is -2.10. The van der Waals surface area contributed by atoms with E-state index in [2.05, 4.69) is 15.9 Å². The normalized spacial score (nSPS) is 10.9. The maximum atomic E-state index is 10.4. The van der Waals surface area contributed by atoms with Crippen molar-refractivity contribution >= 4 is 28.0 Å². The third kappa shape index (κ3) is 6.70. The first-order valence-electron chi connectivity index (χ1n) is 6.03. The minimum Gasteiger partial charge on any atom is -0.490 e. The van der Waals surface area contributed by atoms with Crippen LogP contribution in [0.4, 0.5) is 0 Å². The number of hydrogen-bond acceptors (Lipinski definition) is 4. The number of rotatable bonds is 9. The molecule has 6 heteroatoms. The molecule has 0 heterocycles. The molecule has 0 fully saturated rings. The Morgan fingerprint density at radius 3 is 2.70 bits per heavy atom. The van der Waals surface area contributed by atoms with E-state index >= 15 is 0 Å². The van der Waals surface area contributed by atoms with Crippen molar-refractivity contribution in [1.82, 2.24) is 0 Å². The van der Waals surface area contributed by atoms with E-state index in [4.69, 9.17) is 19.3 Å². The van der Waals surface area contributed by atoms with Gasteiger partial charge in [-0.1, -0.05) is 6.07 Å². The highest BCUT2D eigenvalue weighted by Gasteiger charge is 2.02. The molecular formula is C14H17BrO5. The van der Waals surface area contributed by atoms with Gasteiger partial charge in [0.2, 0.25) is 0 Å². The molecule has 0 aromatic heterocycles. The van der Waals surface area contributed by atoms with Gasteiger partial charge in [0, 0.05) is 13.2 Å². The number of aliphatic carboxylic acids is 1. The highest BCUT2D eigenvalue weighted by Crippen LogP contribution is 2.26. The van der Waals surface area contributed by atoms with E-state index in [0.717, 1.165) is 16.1 Å². The minimum atomic E-state index is -0.977. The Kier molecular flexibility index (Phi) is 7.94. The first kappa shape index (κ1) is 16.7. The molecule has 110 valence electrons. The summed E-state index contributed by atoms with van der Waals surface area (Å²) in [6.45, 7) is 2.03. The summed E-state index contributed by atoms with van der Waals surface area (Å²) < 4.78 is 16.4. The van der Waals surface area contributed by atoms with Gasteiger partial charge in [-0.15, -0.1) is 0 Å². The molecule has 0 saturated carbocycles. The Labute approximate surface area is 126 Å². The third-order valence-electron chi connectivity index (χ3n) is 2.29. The first-order valence-corrected chi connectivity index (χ1v) is 6.83. The maximum absolute atomic E-state index is 10.4. The maximum Gasteiger partial charge on any atom is 0.328 e. The molecule has 0 bridgehead atoms. The number of hydrogen-bond donors (Lipinski definition) is 1. The molecule has 0 aliphatic rings. The largest absolute Gasteiger partial charge is 0.490 e. The molecular weight excluding hydrogens is 328 g/mol. The van der Waals surface area contributed by atoms with Gasteiger partial charge in [-0.25, -0.2) is 4.79 Å². The topological polar surface area (TPSA) is 65.0 Å². The van der Waals surface area contributed by atoms with Crippen LogP contribution in [-0.2, 0) is 14.3 Å². The Morgan fingerprint density at radius 1 is 1.30 bits per heavy atom. The van der Waals surface area contributed by atoms with Gasteiger partial charge < -0.3 is 19.3 Å². The predicted octanol–water partition coefficient (Wildman–Crippen LogP) is 2.59. The zero-order chi connectivity index (χ0) is 14.8. The third-order valence-corrected chi connectivity index (χ3v) is 2.91. The van der Waals surface area contributed by atoms with Crippen LogP contribution < -0.4 is 4.74 Å². The smallest absolute Gasteiger partial charge is 0.328 e. The van der Waals surface area contributed by atoms with Gasteiger partial charge in [0.1, 0.15) is 12.4 Å². The van der Waals surface area contributed by atoms with Crippen molar-refractivity contribution in [2.45, 2.75) is 0 Å². The van der Waals surface area contributed by atoms with Gasteiger partial charge in [0.15, 0.2) is 0 Å². The number of methoxy groups -OCH3 is 1. The SMILES string of the molecule is COCCOCCOc1ccc(C=CC(=O)O)cc1Br. The average Bonchev–Trinajstić information content (AvgIpc) is 2.42. The summed E-state index contributed by atoms with van der Waals surface area (Å²) in [6.07, 6.45) is 2.61. The van der Waals surface area contributed by atoms with Gasteiger partial charge >= 0.3 is 5.97 Å². The summed E-state index contributed by atoms with van der Waals surface area (Å²) in [5.41, 5.74) is 0.781. The lowest BCUT2D eigenvalue weighted by atomic mass is 10.2. The van der Waals surface area contributed by atoms with E-state index < -0.39 is 5.97 Å². The molecule has 0 radical (unpaired) electrons. The highest BCUT2D eigenvalue weighted by atomic mass is 79.9. The molecule has 0 atom stereocenters. The van der Waals surface area contributed by atoms with Crippen LogP contribution in [0.15, 0.2) is 28.7 Å². The van der Waals surface area contributed by atoms with Crippen molar-refractivity contribution in [3.63, 3.8) is 0 Å². The Bertz CT molecular complexity index is 459. The van der Waals surface area contributed by atoms with Crippen LogP contribution in [0.25, 0.3) is 6.08 Å². The summed E-state index contributed by atoms with van der Waals surface area (Å²) in [6, 6.07) is 5.35. The predicted molar refractivity (Wildman–Crippen MR) is 79.0 cm³/mol. The van der Waals surface area contributed by atoms with Crippen molar-refractivity contribution in [3.8, 4) is 5.75 Å². The van der Waals surface area contributed by atoms with Gasteiger partial charge in [-0.05, 0) is 39.7 Å². The Balaban J connectivity index is 2.42. The van der Waals surface area contributed by atoms with Crippen LogP contribution >= 0.6 is 15.9 Å². The van der Waals surface area contributed by atoms with E-state index in [0.29, 0.717) is 32.2 Å². The van der Waals surface area contributed by atoms with Crippen LogP contribution in [0.1, 0.15) is 5.56 Å². The molecule has 0 aliphatic heterocycles. The van der Waals surface area contributed by atoms with Crippen LogP contribution in [-0.4, -0.2) is 44.6 Å². The van der Waals surface area contributed by atoms with Crippen molar-refractivity contribution in [2.24, 2.45) is 0 Å². The molecule has 1 N–H and O–H groups in total. The number of halogens is 1. The van der Waals surface area contributed by atoms with Gasteiger partial charge in [-0.2, -0.15) is 0 Å². The van der Waals surface area contributed by atoms with E-state index in [9.17, 15) is 4.79 Å². The quantitative estimate of drug-likeness (QED) is 0.551. The number of carboxylic acid groups (broad SMARTS) is 1. The zero-order valence-electron chi connectivity index (χ0n) is 11.2. The van der Waals surface area contributed by atoms with Crippen LogP contribution in [0.5, 0.6) is 5.75 Å². The number of ether oxygens (including phenoxy) is 3. The first-order chi connectivity index (χ1) is 9.63. The van der Waals surface area contributed by atoms with E-state index in [1.165, 1.54) is 6.08 Å². The molecule has 1 rings (SSSR count). The molecule has 5 nitrogen and oxygen atoms in total. The van der Waals surface area contributed by atoms with Crippen LogP contribution in [0, 0.1) is 0 Å². The summed E-state index contributed by atoms with van der Waals surface area (Å²) in [7, 11) is 1.62. The van der Waals surface area contributed by atoms with E-state index in [1.807, 2.05) is 0 Å². The molecule has 1 aromatic rings. The number of carboxylic acids is 1. The Hall–Kier alpha value is -1.37. The van der Waals surface area contributed by atoms with Crippen molar-refractivity contribution < 1.29 is 24.1 Å². The fourth-order valence-electron chi connectivity index (χ4n) is 1.36. The Morgan fingerprint density at radius 2 is 2.05 bits per heavy atom. The summed E-state index contributed by atoms with van der Waals surface area (Å²) in [5, 5.41) is 8.56. The van der Waals surface area contributed by atoms with Crippen molar-refractivity contribution in [1.29, 1.82) is 0 Å². The summed E-state index contributed by atoms with van der Waals surface area (Å²) in [4.78, 5) is 10.4. The van der Waals surface area contributed by atoms with Gasteiger partial charge in [0.05, 0.1) is 24.3 Å². The lowest BCUT2D eigenvalue weighted by Gasteiger charge is -2.09. The lowest BCUT2D eigenvalue weighted by molar-refractivity contribution is -0.131. The van der Waals surface area contributed by atoms with Crippen LogP contribution in [0.2, 0.25) is 0 Å². The molecule has 0 unspecified atom stereocenters. The number of carbonyl (C=O) groups is 1. The standard InChI is InChI=1S/C14H17BrO5/c1-18-6-7-19-8-9-20-13-4-2-11(10-12(13)15)3-5-14(16)17/h2-5,10H,6-9H2,1H3,(H,16,17). The molecule has 0 saturated heterocycles. The highest BCUT2D eigenvalue weighted by molar-refractivity contribution is 9.10. The van der Waals surface area contributed by atoms with Gasteiger partial charge in [-0.3, -0.25) is 0 Å². The fraction of sp³-hybridized carbons (Fsp3) is 0.357.